The van der Waals surface area contributed by atoms with Crippen molar-refractivity contribution in [3.05, 3.63) is 154 Å². The van der Waals surface area contributed by atoms with Crippen LogP contribution in [0.5, 0.6) is 0 Å². The molecule has 0 aliphatic carbocycles. The van der Waals surface area contributed by atoms with Crippen LogP contribution in [-0.2, 0) is 9.59 Å². The zero-order valence-corrected chi connectivity index (χ0v) is 30.1. The Labute approximate surface area is 307 Å². The van der Waals surface area contributed by atoms with Crippen LogP contribution in [0.25, 0.3) is 23.3 Å². The van der Waals surface area contributed by atoms with Crippen molar-refractivity contribution in [1.82, 2.24) is 19.8 Å². The first kappa shape index (κ1) is 37.8. The molecule has 0 amide bonds. The van der Waals surface area contributed by atoms with E-state index in [0.29, 0.717) is 11.4 Å². The first-order chi connectivity index (χ1) is 25.2. The molecule has 6 rings (SSSR count). The van der Waals surface area contributed by atoms with Gasteiger partial charge in [0, 0.05) is 36.4 Å². The fraction of sp³-hybridized carbons (Fsp3) is 0.273. The number of carboxylic acid groups (broad SMARTS) is 2. The van der Waals surface area contributed by atoms with E-state index >= 15 is 0 Å². The molecule has 0 unspecified atom stereocenters. The van der Waals surface area contributed by atoms with Gasteiger partial charge in [0.2, 0.25) is 0 Å². The van der Waals surface area contributed by atoms with Gasteiger partial charge in [0.05, 0.1) is 22.8 Å². The van der Waals surface area contributed by atoms with Gasteiger partial charge in [0.15, 0.2) is 0 Å². The molecule has 0 bridgehead atoms. The lowest BCUT2D eigenvalue weighted by Crippen LogP contribution is -2.19. The zero-order chi connectivity index (χ0) is 36.7. The summed E-state index contributed by atoms with van der Waals surface area (Å²) in [5, 5.41) is 17.7. The summed E-state index contributed by atoms with van der Waals surface area (Å²) < 4.78 is 0. The highest BCUT2D eigenvalue weighted by atomic mass is 16.4. The first-order valence-electron chi connectivity index (χ1n) is 18.0. The highest BCUT2D eigenvalue weighted by Gasteiger charge is 2.14. The van der Waals surface area contributed by atoms with Crippen molar-refractivity contribution in [1.29, 1.82) is 0 Å². The maximum Gasteiger partial charge on any atom is 0.328 e. The van der Waals surface area contributed by atoms with Gasteiger partial charge in [-0.3, -0.25) is 9.80 Å². The standard InChI is InChI=1S/2C22H24N2O2/c2*1-17-7-9-18(10-8-17)20(13-16-24-14-2-3-15-24)21-6-4-5-19(23-21)11-12-22(25)26/h2*4-13H,2-3,14-16H2,1H3,(H,25,26)/b2*12-11+,20-13+. The Morgan fingerprint density at radius 2 is 0.942 bits per heavy atom. The predicted molar refractivity (Wildman–Crippen MR) is 210 cm³/mol. The Morgan fingerprint density at radius 3 is 1.29 bits per heavy atom. The van der Waals surface area contributed by atoms with Gasteiger partial charge in [-0.2, -0.15) is 0 Å². The van der Waals surface area contributed by atoms with E-state index in [1.165, 1.54) is 49.0 Å². The molecule has 0 radical (unpaired) electrons. The molecule has 0 saturated carbocycles. The van der Waals surface area contributed by atoms with Crippen LogP contribution >= 0.6 is 0 Å². The van der Waals surface area contributed by atoms with Crippen LogP contribution in [0.2, 0.25) is 0 Å². The summed E-state index contributed by atoms with van der Waals surface area (Å²) in [6.07, 6.45) is 14.8. The molecule has 2 aliphatic heterocycles. The minimum absolute atomic E-state index is 0.643. The quantitative estimate of drug-likeness (QED) is 0.144. The maximum absolute atomic E-state index is 10.8. The lowest BCUT2D eigenvalue weighted by molar-refractivity contribution is -0.132. The molecule has 0 atom stereocenters. The number of nitrogens with zero attached hydrogens (tertiary/aromatic N) is 4. The van der Waals surface area contributed by atoms with Gasteiger partial charge in [-0.15, -0.1) is 0 Å². The van der Waals surface area contributed by atoms with Crippen molar-refractivity contribution in [2.24, 2.45) is 0 Å². The summed E-state index contributed by atoms with van der Waals surface area (Å²) in [4.78, 5) is 35.7. The fourth-order valence-corrected chi connectivity index (χ4v) is 6.28. The summed E-state index contributed by atoms with van der Waals surface area (Å²) in [6.45, 7) is 10.5. The van der Waals surface area contributed by atoms with Crippen LogP contribution in [0.15, 0.2) is 109 Å². The number of carboxylic acids is 2. The Kier molecular flexibility index (Phi) is 14.0. The molecule has 8 heteroatoms. The molecule has 2 aliphatic rings. The SMILES string of the molecule is Cc1ccc(/C(=C\CN2CCCC2)c2cccc(/C=C/C(=O)O)n2)cc1.Cc1ccc(/C(=C\CN2CCCC2)c2cccc(/C=C/C(=O)O)n2)cc1. The van der Waals surface area contributed by atoms with Gasteiger partial charge in [0.25, 0.3) is 0 Å². The zero-order valence-electron chi connectivity index (χ0n) is 30.1. The average Bonchev–Trinajstić information content (AvgIpc) is 3.88. The number of hydrogen-bond donors (Lipinski definition) is 2. The molecular formula is C44H48N4O4. The molecular weight excluding hydrogens is 649 g/mol. The molecule has 52 heavy (non-hydrogen) atoms. The van der Waals surface area contributed by atoms with Crippen molar-refractivity contribution in [2.45, 2.75) is 39.5 Å². The third kappa shape index (κ3) is 11.8. The first-order valence-corrected chi connectivity index (χ1v) is 18.0. The predicted octanol–water partition coefficient (Wildman–Crippen LogP) is 8.03. The topological polar surface area (TPSA) is 107 Å². The smallest absolute Gasteiger partial charge is 0.328 e. The van der Waals surface area contributed by atoms with Crippen LogP contribution in [0.1, 0.15) is 70.7 Å². The molecule has 2 saturated heterocycles. The molecule has 4 heterocycles. The Bertz CT molecular complexity index is 1770. The van der Waals surface area contributed by atoms with Crippen LogP contribution in [0.4, 0.5) is 0 Å². The Hall–Kier alpha value is -5.44. The highest BCUT2D eigenvalue weighted by molar-refractivity contribution is 5.86. The van der Waals surface area contributed by atoms with Crippen molar-refractivity contribution in [2.75, 3.05) is 39.3 Å². The minimum Gasteiger partial charge on any atom is -0.478 e. The average molecular weight is 697 g/mol. The van der Waals surface area contributed by atoms with Crippen molar-refractivity contribution in [3.63, 3.8) is 0 Å². The fourth-order valence-electron chi connectivity index (χ4n) is 6.28. The normalized spacial score (nSPS) is 15.7. The van der Waals surface area contributed by atoms with E-state index in [9.17, 15) is 9.59 Å². The van der Waals surface area contributed by atoms with E-state index in [-0.39, 0.29) is 0 Å². The van der Waals surface area contributed by atoms with Crippen molar-refractivity contribution < 1.29 is 19.8 Å². The largest absolute Gasteiger partial charge is 0.478 e. The summed E-state index contributed by atoms with van der Waals surface area (Å²) in [5.41, 5.74) is 9.88. The van der Waals surface area contributed by atoms with Crippen molar-refractivity contribution in [3.8, 4) is 0 Å². The van der Waals surface area contributed by atoms with Gasteiger partial charge in [-0.25, -0.2) is 19.6 Å². The van der Waals surface area contributed by atoms with E-state index in [0.717, 1.165) is 85.1 Å². The van der Waals surface area contributed by atoms with Crippen LogP contribution in [0.3, 0.4) is 0 Å². The second-order valence-electron chi connectivity index (χ2n) is 13.2. The molecule has 0 spiro atoms. The molecule has 2 aromatic heterocycles. The highest BCUT2D eigenvalue weighted by Crippen LogP contribution is 2.25. The number of likely N-dealkylation sites (tertiary alicyclic amines) is 2. The number of aliphatic carboxylic acids is 2. The van der Waals surface area contributed by atoms with Gasteiger partial charge in [-0.05, 0) is 113 Å². The summed E-state index contributed by atoms with van der Waals surface area (Å²) in [7, 11) is 0. The van der Waals surface area contributed by atoms with Crippen LogP contribution < -0.4 is 0 Å². The minimum atomic E-state index is -0.972. The number of aryl methyl sites for hydroxylation is 2. The second-order valence-corrected chi connectivity index (χ2v) is 13.2. The van der Waals surface area contributed by atoms with Gasteiger partial charge >= 0.3 is 11.9 Å². The Balaban J connectivity index is 0.000000201. The number of benzene rings is 2. The van der Waals surface area contributed by atoms with Gasteiger partial charge < -0.3 is 10.2 Å². The number of pyridine rings is 2. The number of carbonyl (C=O) groups is 2. The lowest BCUT2D eigenvalue weighted by Gasteiger charge is -2.14. The monoisotopic (exact) mass is 696 g/mol. The number of hydrogen-bond acceptors (Lipinski definition) is 6. The summed E-state index contributed by atoms with van der Waals surface area (Å²) in [6, 6.07) is 28.3. The molecule has 4 aromatic rings. The molecule has 2 N–H and O–H groups in total. The molecule has 2 fully saturated rings. The molecule has 268 valence electrons. The Morgan fingerprint density at radius 1 is 0.577 bits per heavy atom. The third-order valence-electron chi connectivity index (χ3n) is 9.12. The van der Waals surface area contributed by atoms with E-state index in [4.69, 9.17) is 10.2 Å². The third-order valence-corrected chi connectivity index (χ3v) is 9.12. The molecule has 8 nitrogen and oxygen atoms in total. The lowest BCUT2D eigenvalue weighted by atomic mass is 10.00. The molecule has 2 aromatic carbocycles. The van der Waals surface area contributed by atoms with Gasteiger partial charge in [-0.1, -0.05) is 83.9 Å². The van der Waals surface area contributed by atoms with E-state index < -0.39 is 11.9 Å². The van der Waals surface area contributed by atoms with Crippen molar-refractivity contribution >= 4 is 35.2 Å². The van der Waals surface area contributed by atoms with E-state index in [1.54, 1.807) is 0 Å². The van der Waals surface area contributed by atoms with E-state index in [1.807, 2.05) is 36.4 Å². The number of aromatic nitrogens is 2. The summed E-state index contributed by atoms with van der Waals surface area (Å²) in [5.74, 6) is -1.94. The van der Waals surface area contributed by atoms with E-state index in [2.05, 4.69) is 94.3 Å². The van der Waals surface area contributed by atoms with Crippen LogP contribution in [-0.4, -0.2) is 81.2 Å². The summed E-state index contributed by atoms with van der Waals surface area (Å²) >= 11 is 0. The maximum atomic E-state index is 10.8. The van der Waals surface area contributed by atoms with Gasteiger partial charge in [0.1, 0.15) is 0 Å². The van der Waals surface area contributed by atoms with Crippen LogP contribution in [0, 0.1) is 13.8 Å². The number of rotatable bonds is 12. The second kappa shape index (κ2) is 19.2.